The molecule has 0 heterocycles. The number of hydrogen-bond donors (Lipinski definition) is 1. The monoisotopic (exact) mass is 540 g/mol. The first-order valence-electron chi connectivity index (χ1n) is 13.1. The van der Waals surface area contributed by atoms with Gasteiger partial charge in [0.1, 0.15) is 11.9 Å². The van der Waals surface area contributed by atoms with Crippen LogP contribution in [0.3, 0.4) is 0 Å². The number of methoxy groups -OCH3 is 2. The molecule has 0 saturated carbocycles. The largest absolute Gasteiger partial charge is 0.493 e. The van der Waals surface area contributed by atoms with Crippen molar-refractivity contribution in [2.45, 2.75) is 32.0 Å². The normalized spacial score (nSPS) is 11.4. The van der Waals surface area contributed by atoms with Gasteiger partial charge in [0.25, 0.3) is 0 Å². The van der Waals surface area contributed by atoms with E-state index in [9.17, 15) is 14.0 Å². The van der Waals surface area contributed by atoms with Crippen molar-refractivity contribution in [3.8, 4) is 11.5 Å². The summed E-state index contributed by atoms with van der Waals surface area (Å²) in [6.45, 7) is 0.474. The highest BCUT2D eigenvalue weighted by Crippen LogP contribution is 2.28. The number of hydrogen-bond acceptors (Lipinski definition) is 4. The Morgan fingerprint density at radius 1 is 0.750 bits per heavy atom. The fourth-order valence-corrected chi connectivity index (χ4v) is 4.51. The number of ether oxygens (including phenoxy) is 2. The zero-order chi connectivity index (χ0) is 28.3. The summed E-state index contributed by atoms with van der Waals surface area (Å²) >= 11 is 0. The second-order valence-corrected chi connectivity index (χ2v) is 9.42. The number of nitrogens with zero attached hydrogens (tertiary/aromatic N) is 1. The summed E-state index contributed by atoms with van der Waals surface area (Å²) in [5.41, 5.74) is 3.31. The first-order chi connectivity index (χ1) is 19.5. The number of carbonyl (C=O) groups is 2. The molecule has 0 fully saturated rings. The van der Waals surface area contributed by atoms with Crippen molar-refractivity contribution in [1.82, 2.24) is 10.2 Å². The number of carbonyl (C=O) groups excluding carboxylic acids is 2. The molecule has 0 aliphatic rings. The molecule has 1 atom stereocenters. The predicted molar refractivity (Wildman–Crippen MR) is 152 cm³/mol. The molecule has 0 bridgehead atoms. The fraction of sp³-hybridized carbons (Fsp3) is 0.212. The molecule has 0 radical (unpaired) electrons. The Morgan fingerprint density at radius 3 is 1.98 bits per heavy atom. The summed E-state index contributed by atoms with van der Waals surface area (Å²) in [6.07, 6.45) is 0.360. The molecule has 4 aromatic rings. The summed E-state index contributed by atoms with van der Waals surface area (Å²) in [7, 11) is 3.09. The maximum absolute atomic E-state index is 13.9. The van der Waals surface area contributed by atoms with E-state index in [1.165, 1.54) is 19.2 Å². The third-order valence-electron chi connectivity index (χ3n) is 6.65. The summed E-state index contributed by atoms with van der Waals surface area (Å²) in [5, 5.41) is 3.02. The molecule has 7 heteroatoms. The van der Waals surface area contributed by atoms with Crippen molar-refractivity contribution in [2.75, 3.05) is 14.2 Å². The second-order valence-electron chi connectivity index (χ2n) is 9.42. The van der Waals surface area contributed by atoms with Gasteiger partial charge in [-0.25, -0.2) is 4.39 Å². The molecule has 1 unspecified atom stereocenters. The quantitative estimate of drug-likeness (QED) is 0.263. The van der Waals surface area contributed by atoms with E-state index in [0.29, 0.717) is 24.5 Å². The lowest BCUT2D eigenvalue weighted by molar-refractivity contribution is -0.140. The van der Waals surface area contributed by atoms with Gasteiger partial charge in [0, 0.05) is 19.5 Å². The van der Waals surface area contributed by atoms with Crippen molar-refractivity contribution in [3.63, 3.8) is 0 Å². The van der Waals surface area contributed by atoms with Gasteiger partial charge in [-0.05, 0) is 46.5 Å². The van der Waals surface area contributed by atoms with Crippen LogP contribution in [0.25, 0.3) is 0 Å². The molecule has 206 valence electrons. The third-order valence-corrected chi connectivity index (χ3v) is 6.65. The number of halogens is 1. The lowest BCUT2D eigenvalue weighted by Gasteiger charge is -2.32. The Balaban J connectivity index is 1.66. The zero-order valence-corrected chi connectivity index (χ0v) is 22.7. The van der Waals surface area contributed by atoms with Gasteiger partial charge in [-0.15, -0.1) is 0 Å². The summed E-state index contributed by atoms with van der Waals surface area (Å²) in [4.78, 5) is 29.3. The highest BCUT2D eigenvalue weighted by molar-refractivity contribution is 5.89. The number of benzene rings is 4. The first kappa shape index (κ1) is 28.4. The van der Waals surface area contributed by atoms with E-state index in [4.69, 9.17) is 9.47 Å². The molecule has 0 spiro atoms. The van der Waals surface area contributed by atoms with Crippen molar-refractivity contribution in [2.24, 2.45) is 0 Å². The molecule has 0 aromatic heterocycles. The molecule has 4 rings (SSSR count). The Kier molecular flexibility index (Phi) is 9.88. The molecule has 0 saturated heterocycles. The van der Waals surface area contributed by atoms with Gasteiger partial charge in [-0.1, -0.05) is 78.9 Å². The Hall–Kier alpha value is -4.65. The molecule has 0 aliphatic heterocycles. The Morgan fingerprint density at radius 2 is 1.35 bits per heavy atom. The van der Waals surface area contributed by atoms with Crippen LogP contribution in [0.4, 0.5) is 4.39 Å². The number of rotatable bonds is 12. The number of nitrogens with one attached hydrogen (secondary N) is 1. The van der Waals surface area contributed by atoms with Crippen LogP contribution in [0, 0.1) is 5.82 Å². The third kappa shape index (κ3) is 7.69. The van der Waals surface area contributed by atoms with Crippen molar-refractivity contribution >= 4 is 11.8 Å². The lowest BCUT2D eigenvalue weighted by atomic mass is 10.0. The Bertz CT molecular complexity index is 1400. The SMILES string of the molecule is COc1ccc(CC(=O)N(Cc2ccc(F)cc2)C(Cc2ccccc2)C(=O)NCc2ccccc2)cc1OC. The summed E-state index contributed by atoms with van der Waals surface area (Å²) in [6, 6.07) is 29.7. The van der Waals surface area contributed by atoms with Crippen LogP contribution in [0.1, 0.15) is 22.3 Å². The predicted octanol–water partition coefficient (Wildman–Crippen LogP) is 5.34. The van der Waals surface area contributed by atoms with Gasteiger partial charge in [0.05, 0.1) is 20.6 Å². The van der Waals surface area contributed by atoms with E-state index < -0.39 is 6.04 Å². The van der Waals surface area contributed by atoms with Crippen LogP contribution < -0.4 is 14.8 Å². The maximum atomic E-state index is 13.9. The average molecular weight is 541 g/mol. The van der Waals surface area contributed by atoms with E-state index in [1.54, 1.807) is 42.3 Å². The Labute approximate surface area is 234 Å². The van der Waals surface area contributed by atoms with Crippen LogP contribution in [0.5, 0.6) is 11.5 Å². The van der Waals surface area contributed by atoms with E-state index in [1.807, 2.05) is 60.7 Å². The second kappa shape index (κ2) is 13.9. The van der Waals surface area contributed by atoms with Crippen molar-refractivity contribution < 1.29 is 23.5 Å². The van der Waals surface area contributed by atoms with Crippen molar-refractivity contribution in [3.05, 3.63) is 131 Å². The van der Waals surface area contributed by atoms with Crippen LogP contribution in [0.15, 0.2) is 103 Å². The van der Waals surface area contributed by atoms with Gasteiger partial charge in [-0.2, -0.15) is 0 Å². The molecule has 0 aliphatic carbocycles. The fourth-order valence-electron chi connectivity index (χ4n) is 4.51. The molecule has 40 heavy (non-hydrogen) atoms. The van der Waals surface area contributed by atoms with E-state index >= 15 is 0 Å². The molecule has 6 nitrogen and oxygen atoms in total. The van der Waals surface area contributed by atoms with Crippen LogP contribution in [0.2, 0.25) is 0 Å². The highest BCUT2D eigenvalue weighted by Gasteiger charge is 2.30. The minimum Gasteiger partial charge on any atom is -0.493 e. The van der Waals surface area contributed by atoms with Gasteiger partial charge in [-0.3, -0.25) is 9.59 Å². The smallest absolute Gasteiger partial charge is 0.243 e. The minimum absolute atomic E-state index is 0.0405. The minimum atomic E-state index is -0.802. The van der Waals surface area contributed by atoms with Gasteiger partial charge >= 0.3 is 0 Å². The van der Waals surface area contributed by atoms with Gasteiger partial charge in [0.2, 0.25) is 11.8 Å². The summed E-state index contributed by atoms with van der Waals surface area (Å²) < 4.78 is 24.4. The van der Waals surface area contributed by atoms with Crippen molar-refractivity contribution in [1.29, 1.82) is 0 Å². The van der Waals surface area contributed by atoms with E-state index in [-0.39, 0.29) is 30.6 Å². The molecule has 4 aromatic carbocycles. The average Bonchev–Trinajstić information content (AvgIpc) is 2.99. The summed E-state index contributed by atoms with van der Waals surface area (Å²) in [5.74, 6) is 0.194. The van der Waals surface area contributed by atoms with E-state index in [0.717, 1.165) is 22.3 Å². The standard InChI is InChI=1S/C33H33FN2O4/c1-39-30-18-15-27(20-31(30)40-2)21-32(37)36(23-26-13-16-28(34)17-14-26)29(19-24-9-5-3-6-10-24)33(38)35-22-25-11-7-4-8-12-25/h3-18,20,29H,19,21-23H2,1-2H3,(H,35,38). The van der Waals surface area contributed by atoms with Crippen LogP contribution in [-0.4, -0.2) is 37.0 Å². The molecule has 1 N–H and O–H groups in total. The lowest BCUT2D eigenvalue weighted by Crippen LogP contribution is -2.50. The molecular weight excluding hydrogens is 507 g/mol. The molecule has 2 amide bonds. The molecular formula is C33H33FN2O4. The highest BCUT2D eigenvalue weighted by atomic mass is 19.1. The van der Waals surface area contributed by atoms with Crippen LogP contribution >= 0.6 is 0 Å². The van der Waals surface area contributed by atoms with E-state index in [2.05, 4.69) is 5.32 Å². The first-order valence-corrected chi connectivity index (χ1v) is 13.1. The number of amides is 2. The van der Waals surface area contributed by atoms with Gasteiger partial charge < -0.3 is 19.7 Å². The van der Waals surface area contributed by atoms with Crippen LogP contribution in [-0.2, 0) is 35.5 Å². The maximum Gasteiger partial charge on any atom is 0.243 e. The zero-order valence-electron chi connectivity index (χ0n) is 22.7. The topological polar surface area (TPSA) is 67.9 Å². The van der Waals surface area contributed by atoms with Gasteiger partial charge in [0.15, 0.2) is 11.5 Å².